The molecule has 0 spiro atoms. The molecule has 6 nitrogen and oxygen atoms in total. The molecule has 1 aromatic carbocycles. The van der Waals surface area contributed by atoms with Crippen LogP contribution in [0.15, 0.2) is 24.3 Å². The van der Waals surface area contributed by atoms with Gasteiger partial charge in [0, 0.05) is 19.6 Å². The largest absolute Gasteiger partial charge is 0.322 e. The molecule has 0 aliphatic carbocycles. The number of rotatable bonds is 4. The molecule has 1 amide bonds. The number of para-hydroxylation sites is 1. The molecule has 0 aromatic heterocycles. The van der Waals surface area contributed by atoms with Crippen molar-refractivity contribution in [1.29, 1.82) is 0 Å². The molecular formula is C14H20FN3O3S. The zero-order valence-electron chi connectivity index (χ0n) is 12.5. The van der Waals surface area contributed by atoms with Gasteiger partial charge in [-0.05, 0) is 25.1 Å². The summed E-state index contributed by atoms with van der Waals surface area (Å²) in [5.74, 6) is -0.784. The Morgan fingerprint density at radius 3 is 2.64 bits per heavy atom. The van der Waals surface area contributed by atoms with E-state index in [-0.39, 0.29) is 18.1 Å². The molecule has 0 unspecified atom stereocenters. The molecule has 0 radical (unpaired) electrons. The van der Waals surface area contributed by atoms with Gasteiger partial charge in [0.05, 0.1) is 18.5 Å². The molecule has 1 aliphatic rings. The summed E-state index contributed by atoms with van der Waals surface area (Å²) in [6.45, 7) is 2.07. The summed E-state index contributed by atoms with van der Waals surface area (Å²) in [6, 6.07) is 5.99. The van der Waals surface area contributed by atoms with Crippen molar-refractivity contribution in [2.24, 2.45) is 0 Å². The highest BCUT2D eigenvalue weighted by atomic mass is 32.2. The number of halogens is 1. The van der Waals surface area contributed by atoms with Gasteiger partial charge < -0.3 is 5.32 Å². The average molecular weight is 329 g/mol. The topological polar surface area (TPSA) is 69.7 Å². The Hall–Kier alpha value is -1.51. The minimum atomic E-state index is -3.20. The Kier molecular flexibility index (Phi) is 5.49. The van der Waals surface area contributed by atoms with E-state index in [1.165, 1.54) is 22.7 Å². The van der Waals surface area contributed by atoms with Crippen molar-refractivity contribution >= 4 is 21.6 Å². The van der Waals surface area contributed by atoms with Gasteiger partial charge in [-0.2, -0.15) is 0 Å². The van der Waals surface area contributed by atoms with Crippen molar-refractivity contribution in [1.82, 2.24) is 9.21 Å². The van der Waals surface area contributed by atoms with Crippen LogP contribution in [-0.2, 0) is 14.8 Å². The predicted octanol–water partition coefficient (Wildman–Crippen LogP) is 0.731. The third-order valence-corrected chi connectivity index (χ3v) is 4.83. The monoisotopic (exact) mass is 329 g/mol. The molecule has 1 aliphatic heterocycles. The molecule has 0 saturated carbocycles. The first kappa shape index (κ1) is 16.9. The fourth-order valence-electron chi connectivity index (χ4n) is 2.39. The standard InChI is InChI=1S/C14H20FN3O3S/c1-22(20,21)18-8-4-7-17(9-10-18)11-14(19)16-13-6-3-2-5-12(13)15/h2-3,5-6H,4,7-11H2,1H3,(H,16,19). The number of amides is 1. The van der Waals surface area contributed by atoms with Gasteiger partial charge in [0.15, 0.2) is 0 Å². The van der Waals surface area contributed by atoms with Crippen molar-refractivity contribution in [2.45, 2.75) is 6.42 Å². The number of sulfonamides is 1. The van der Waals surface area contributed by atoms with E-state index in [4.69, 9.17) is 0 Å². The van der Waals surface area contributed by atoms with Crippen LogP contribution >= 0.6 is 0 Å². The molecule has 122 valence electrons. The molecule has 2 rings (SSSR count). The van der Waals surface area contributed by atoms with E-state index in [1.807, 2.05) is 4.90 Å². The number of nitrogens with one attached hydrogen (secondary N) is 1. The minimum absolute atomic E-state index is 0.117. The summed E-state index contributed by atoms with van der Waals surface area (Å²) < 4.78 is 38.0. The maximum atomic E-state index is 13.5. The lowest BCUT2D eigenvalue weighted by Crippen LogP contribution is -2.37. The van der Waals surface area contributed by atoms with E-state index in [0.29, 0.717) is 32.6 Å². The van der Waals surface area contributed by atoms with Crippen molar-refractivity contribution in [3.63, 3.8) is 0 Å². The quantitative estimate of drug-likeness (QED) is 0.884. The molecule has 1 aromatic rings. The smallest absolute Gasteiger partial charge is 0.238 e. The van der Waals surface area contributed by atoms with Gasteiger partial charge in [0.25, 0.3) is 0 Å². The zero-order chi connectivity index (χ0) is 16.2. The van der Waals surface area contributed by atoms with Gasteiger partial charge in [0.2, 0.25) is 15.9 Å². The van der Waals surface area contributed by atoms with Crippen LogP contribution in [0.25, 0.3) is 0 Å². The average Bonchev–Trinajstić information content (AvgIpc) is 2.66. The number of benzene rings is 1. The Morgan fingerprint density at radius 2 is 1.95 bits per heavy atom. The van der Waals surface area contributed by atoms with Crippen LogP contribution in [0.1, 0.15) is 6.42 Å². The summed E-state index contributed by atoms with van der Waals surface area (Å²) in [5, 5.41) is 2.53. The number of carbonyl (C=O) groups excluding carboxylic acids is 1. The first-order valence-corrected chi connectivity index (χ1v) is 8.93. The van der Waals surface area contributed by atoms with E-state index in [0.717, 1.165) is 0 Å². The lowest BCUT2D eigenvalue weighted by Gasteiger charge is -2.20. The molecule has 22 heavy (non-hydrogen) atoms. The first-order valence-electron chi connectivity index (χ1n) is 7.08. The minimum Gasteiger partial charge on any atom is -0.322 e. The maximum Gasteiger partial charge on any atom is 0.238 e. The van der Waals surface area contributed by atoms with Crippen LogP contribution in [0, 0.1) is 5.82 Å². The van der Waals surface area contributed by atoms with Gasteiger partial charge in [-0.3, -0.25) is 9.69 Å². The molecule has 0 bridgehead atoms. The normalized spacial score (nSPS) is 17.9. The Morgan fingerprint density at radius 1 is 1.23 bits per heavy atom. The highest BCUT2D eigenvalue weighted by molar-refractivity contribution is 7.88. The molecule has 0 atom stereocenters. The maximum absolute atomic E-state index is 13.5. The SMILES string of the molecule is CS(=O)(=O)N1CCCN(CC(=O)Nc2ccccc2F)CC1. The molecule has 1 saturated heterocycles. The molecule has 8 heteroatoms. The van der Waals surface area contributed by atoms with E-state index in [1.54, 1.807) is 12.1 Å². The summed E-state index contributed by atoms with van der Waals surface area (Å²) >= 11 is 0. The van der Waals surface area contributed by atoms with Gasteiger partial charge >= 0.3 is 0 Å². The van der Waals surface area contributed by atoms with Crippen molar-refractivity contribution in [3.05, 3.63) is 30.1 Å². The summed E-state index contributed by atoms with van der Waals surface area (Å²) in [7, 11) is -3.20. The fourth-order valence-corrected chi connectivity index (χ4v) is 3.27. The zero-order valence-corrected chi connectivity index (χ0v) is 13.3. The number of anilines is 1. The summed E-state index contributed by atoms with van der Waals surface area (Å²) in [5.41, 5.74) is 0.153. The summed E-state index contributed by atoms with van der Waals surface area (Å²) in [4.78, 5) is 13.8. The second kappa shape index (κ2) is 7.17. The number of hydrogen-bond donors (Lipinski definition) is 1. The fraction of sp³-hybridized carbons (Fsp3) is 0.500. The molecule has 1 fully saturated rings. The van der Waals surface area contributed by atoms with Crippen molar-refractivity contribution in [3.8, 4) is 0 Å². The number of carbonyl (C=O) groups is 1. The highest BCUT2D eigenvalue weighted by Gasteiger charge is 2.22. The third-order valence-electron chi connectivity index (χ3n) is 3.53. The summed E-state index contributed by atoms with van der Waals surface area (Å²) in [6.07, 6.45) is 1.85. The highest BCUT2D eigenvalue weighted by Crippen LogP contribution is 2.12. The van der Waals surface area contributed by atoms with Gasteiger partial charge in [-0.1, -0.05) is 12.1 Å². The van der Waals surface area contributed by atoms with Gasteiger partial charge in [-0.25, -0.2) is 17.1 Å². The molecule has 1 N–H and O–H groups in total. The number of nitrogens with zero attached hydrogens (tertiary/aromatic N) is 2. The van der Waals surface area contributed by atoms with E-state index < -0.39 is 15.8 Å². The number of hydrogen-bond acceptors (Lipinski definition) is 4. The lowest BCUT2D eigenvalue weighted by atomic mass is 10.3. The Labute approximate surface area is 130 Å². The second-order valence-electron chi connectivity index (χ2n) is 5.32. The van der Waals surface area contributed by atoms with Crippen molar-refractivity contribution in [2.75, 3.05) is 44.3 Å². The predicted molar refractivity (Wildman–Crippen MR) is 82.5 cm³/mol. The van der Waals surface area contributed by atoms with Crippen LogP contribution in [0.5, 0.6) is 0 Å². The van der Waals surface area contributed by atoms with Crippen LogP contribution in [0.2, 0.25) is 0 Å². The van der Waals surface area contributed by atoms with Crippen LogP contribution in [0.3, 0.4) is 0 Å². The third kappa shape index (κ3) is 4.75. The second-order valence-corrected chi connectivity index (χ2v) is 7.30. The Bertz CT molecular complexity index is 636. The van der Waals surface area contributed by atoms with Crippen LogP contribution in [-0.4, -0.2) is 62.5 Å². The van der Waals surface area contributed by atoms with E-state index in [9.17, 15) is 17.6 Å². The van der Waals surface area contributed by atoms with Gasteiger partial charge in [0.1, 0.15) is 5.82 Å². The van der Waals surface area contributed by atoms with E-state index in [2.05, 4.69) is 5.32 Å². The lowest BCUT2D eigenvalue weighted by molar-refractivity contribution is -0.117. The molecular weight excluding hydrogens is 309 g/mol. The van der Waals surface area contributed by atoms with Crippen LogP contribution in [0.4, 0.5) is 10.1 Å². The van der Waals surface area contributed by atoms with E-state index >= 15 is 0 Å². The van der Waals surface area contributed by atoms with Gasteiger partial charge in [-0.15, -0.1) is 0 Å². The molecule has 1 heterocycles. The van der Waals surface area contributed by atoms with Crippen LogP contribution < -0.4 is 5.32 Å². The Balaban J connectivity index is 1.89. The van der Waals surface area contributed by atoms with Crippen molar-refractivity contribution < 1.29 is 17.6 Å². The first-order chi connectivity index (χ1) is 10.4.